The Labute approximate surface area is 184 Å². The van der Waals surface area contributed by atoms with E-state index in [1.165, 1.54) is 0 Å². The van der Waals surface area contributed by atoms with Crippen molar-refractivity contribution >= 4 is 17.7 Å². The topological polar surface area (TPSA) is 82.8 Å². The van der Waals surface area contributed by atoms with Gasteiger partial charge in [-0.25, -0.2) is 0 Å². The Morgan fingerprint density at radius 2 is 1.58 bits per heavy atom. The molecule has 1 aromatic heterocycles. The quantitative estimate of drug-likeness (QED) is 0.388. The SMILES string of the molecule is C[C@H]1C=C[C@H]2CC(C(=O)OC(C)(C)C)(C(=O)OC(C)(C)C)CC(=O)[C@@H]2[C@H]1c1ccco1. The molecule has 0 amide bonds. The van der Waals surface area contributed by atoms with Gasteiger partial charge >= 0.3 is 11.9 Å². The van der Waals surface area contributed by atoms with E-state index in [9.17, 15) is 14.4 Å². The molecule has 1 heterocycles. The number of furan rings is 1. The molecule has 1 saturated carbocycles. The lowest BCUT2D eigenvalue weighted by Crippen LogP contribution is -2.54. The van der Waals surface area contributed by atoms with Gasteiger partial charge in [-0.3, -0.25) is 14.4 Å². The van der Waals surface area contributed by atoms with Gasteiger partial charge in [-0.15, -0.1) is 0 Å². The minimum Gasteiger partial charge on any atom is -0.469 e. The summed E-state index contributed by atoms with van der Waals surface area (Å²) in [5, 5.41) is 0. The number of esters is 2. The number of carbonyl (C=O) groups is 3. The van der Waals surface area contributed by atoms with Crippen molar-refractivity contribution in [1.29, 1.82) is 0 Å². The van der Waals surface area contributed by atoms with E-state index < -0.39 is 28.6 Å². The van der Waals surface area contributed by atoms with Crippen molar-refractivity contribution in [3.8, 4) is 0 Å². The highest BCUT2D eigenvalue weighted by atomic mass is 16.6. The first-order chi connectivity index (χ1) is 14.2. The van der Waals surface area contributed by atoms with Crippen molar-refractivity contribution in [3.05, 3.63) is 36.3 Å². The van der Waals surface area contributed by atoms with Gasteiger partial charge in [0.2, 0.25) is 0 Å². The zero-order chi connectivity index (χ0) is 23.2. The van der Waals surface area contributed by atoms with Crippen LogP contribution in [0.5, 0.6) is 0 Å². The van der Waals surface area contributed by atoms with Gasteiger partial charge in [0, 0.05) is 18.3 Å². The molecular weight excluding hydrogens is 396 g/mol. The second-order valence-electron chi connectivity index (χ2n) is 10.9. The summed E-state index contributed by atoms with van der Waals surface area (Å²) in [7, 11) is 0. The zero-order valence-electron chi connectivity index (χ0n) is 19.6. The van der Waals surface area contributed by atoms with Crippen LogP contribution in [0.2, 0.25) is 0 Å². The Bertz CT molecular complexity index is 837. The second-order valence-corrected chi connectivity index (χ2v) is 10.9. The Morgan fingerprint density at radius 1 is 1.00 bits per heavy atom. The van der Waals surface area contributed by atoms with Gasteiger partial charge in [-0.1, -0.05) is 19.1 Å². The maximum atomic E-state index is 13.5. The maximum Gasteiger partial charge on any atom is 0.324 e. The molecule has 6 nitrogen and oxygen atoms in total. The van der Waals surface area contributed by atoms with Gasteiger partial charge in [-0.05, 0) is 71.9 Å². The summed E-state index contributed by atoms with van der Waals surface area (Å²) >= 11 is 0. The van der Waals surface area contributed by atoms with Crippen LogP contribution >= 0.6 is 0 Å². The Morgan fingerprint density at radius 3 is 2.06 bits per heavy atom. The van der Waals surface area contributed by atoms with Crippen LogP contribution in [-0.4, -0.2) is 28.9 Å². The molecule has 0 N–H and O–H groups in total. The van der Waals surface area contributed by atoms with Crippen LogP contribution in [0.3, 0.4) is 0 Å². The van der Waals surface area contributed by atoms with Crippen LogP contribution < -0.4 is 0 Å². The highest BCUT2D eigenvalue weighted by Gasteiger charge is 2.60. The first-order valence-electron chi connectivity index (χ1n) is 10.9. The number of ketones is 1. The molecular formula is C25H34O6. The van der Waals surface area contributed by atoms with Gasteiger partial charge in [0.05, 0.1) is 6.26 Å². The Balaban J connectivity index is 2.01. The van der Waals surface area contributed by atoms with Crippen LogP contribution in [-0.2, 0) is 23.9 Å². The number of allylic oxidation sites excluding steroid dienone is 2. The van der Waals surface area contributed by atoms with Crippen molar-refractivity contribution < 1.29 is 28.3 Å². The number of rotatable bonds is 3. The molecule has 1 aromatic rings. The predicted molar refractivity (Wildman–Crippen MR) is 115 cm³/mol. The third-order valence-electron chi connectivity index (χ3n) is 5.96. The molecule has 4 atom stereocenters. The first-order valence-corrected chi connectivity index (χ1v) is 10.9. The van der Waals surface area contributed by atoms with Gasteiger partial charge in [0.15, 0.2) is 5.41 Å². The molecule has 0 aromatic carbocycles. The van der Waals surface area contributed by atoms with Crippen molar-refractivity contribution in [2.75, 3.05) is 0 Å². The largest absolute Gasteiger partial charge is 0.469 e. The summed E-state index contributed by atoms with van der Waals surface area (Å²) in [5.41, 5.74) is -3.24. The second kappa shape index (κ2) is 7.95. The number of ether oxygens (including phenoxy) is 2. The van der Waals surface area contributed by atoms with Crippen molar-refractivity contribution in [2.45, 2.75) is 78.4 Å². The number of hydrogen-bond acceptors (Lipinski definition) is 6. The fourth-order valence-corrected chi connectivity index (χ4v) is 4.74. The van der Waals surface area contributed by atoms with Gasteiger partial charge in [0.1, 0.15) is 22.7 Å². The molecule has 31 heavy (non-hydrogen) atoms. The third-order valence-corrected chi connectivity index (χ3v) is 5.96. The number of fused-ring (bicyclic) bond motifs is 1. The fourth-order valence-electron chi connectivity index (χ4n) is 4.74. The van der Waals surface area contributed by atoms with E-state index in [-0.39, 0.29) is 42.3 Å². The highest BCUT2D eigenvalue weighted by Crippen LogP contribution is 2.52. The van der Waals surface area contributed by atoms with Crippen molar-refractivity contribution in [3.63, 3.8) is 0 Å². The number of carbonyl (C=O) groups excluding carboxylic acids is 3. The molecule has 170 valence electrons. The molecule has 2 aliphatic rings. The van der Waals surface area contributed by atoms with Crippen LogP contribution in [0, 0.1) is 23.2 Å². The van der Waals surface area contributed by atoms with Gasteiger partial charge in [0.25, 0.3) is 0 Å². The van der Waals surface area contributed by atoms with E-state index in [0.29, 0.717) is 0 Å². The molecule has 3 rings (SSSR count). The predicted octanol–water partition coefficient (Wildman–Crippen LogP) is 4.83. The molecule has 6 heteroatoms. The third kappa shape index (κ3) is 4.78. The zero-order valence-corrected chi connectivity index (χ0v) is 19.6. The number of hydrogen-bond donors (Lipinski definition) is 0. The lowest BCUT2D eigenvalue weighted by molar-refractivity contribution is -0.191. The summed E-state index contributed by atoms with van der Waals surface area (Å²) in [6.07, 6.45) is 5.56. The van der Waals surface area contributed by atoms with E-state index in [0.717, 1.165) is 5.76 Å². The smallest absolute Gasteiger partial charge is 0.324 e. The average molecular weight is 431 g/mol. The van der Waals surface area contributed by atoms with Crippen molar-refractivity contribution in [2.24, 2.45) is 23.2 Å². The highest BCUT2D eigenvalue weighted by molar-refractivity contribution is 6.05. The molecule has 0 saturated heterocycles. The van der Waals surface area contributed by atoms with Gasteiger partial charge in [-0.2, -0.15) is 0 Å². The van der Waals surface area contributed by atoms with E-state index in [1.54, 1.807) is 47.8 Å². The normalized spacial score (nSPS) is 28.0. The van der Waals surface area contributed by atoms with Crippen LogP contribution in [0.15, 0.2) is 35.0 Å². The summed E-state index contributed by atoms with van der Waals surface area (Å²) in [6, 6.07) is 3.70. The molecule has 0 bridgehead atoms. The number of Topliss-reactive ketones (excluding diaryl/α,β-unsaturated/α-hetero) is 1. The molecule has 1 fully saturated rings. The molecule has 0 unspecified atom stereocenters. The first kappa shape index (κ1) is 23.3. The molecule has 0 spiro atoms. The lowest BCUT2D eigenvalue weighted by Gasteiger charge is -2.45. The van der Waals surface area contributed by atoms with E-state index in [2.05, 4.69) is 6.92 Å². The monoisotopic (exact) mass is 430 g/mol. The van der Waals surface area contributed by atoms with Crippen LogP contribution in [0.4, 0.5) is 0 Å². The Hall–Kier alpha value is -2.37. The van der Waals surface area contributed by atoms with Crippen LogP contribution in [0.1, 0.15) is 73.0 Å². The molecule has 2 aliphatic carbocycles. The van der Waals surface area contributed by atoms with Crippen LogP contribution in [0.25, 0.3) is 0 Å². The fraction of sp³-hybridized carbons (Fsp3) is 0.640. The van der Waals surface area contributed by atoms with E-state index in [4.69, 9.17) is 13.9 Å². The summed E-state index contributed by atoms with van der Waals surface area (Å²) < 4.78 is 16.9. The average Bonchev–Trinajstić information content (AvgIpc) is 3.13. The Kier molecular flexibility index (Phi) is 5.98. The summed E-state index contributed by atoms with van der Waals surface area (Å²) in [5.74, 6) is -1.44. The summed E-state index contributed by atoms with van der Waals surface area (Å²) in [4.78, 5) is 40.2. The van der Waals surface area contributed by atoms with E-state index >= 15 is 0 Å². The van der Waals surface area contributed by atoms with E-state index in [1.807, 2.05) is 24.3 Å². The summed E-state index contributed by atoms with van der Waals surface area (Å²) in [6.45, 7) is 12.5. The van der Waals surface area contributed by atoms with Gasteiger partial charge < -0.3 is 13.9 Å². The minimum absolute atomic E-state index is 0.104. The minimum atomic E-state index is -1.66. The molecule has 0 radical (unpaired) electrons. The maximum absolute atomic E-state index is 13.5. The molecule has 0 aliphatic heterocycles. The standard InChI is InChI=1S/C25H34O6/c1-15-10-11-16-13-25(21(27)30-23(2,3)4,22(28)31-24(5,6)7)14-17(26)20(16)19(15)18-9-8-12-29-18/h8-12,15-16,19-20H,13-14H2,1-7H3/t15-,16-,19+,20+/m0/s1. The van der Waals surface area contributed by atoms with Crippen molar-refractivity contribution in [1.82, 2.24) is 0 Å². The lowest BCUT2D eigenvalue weighted by atomic mass is 9.57.